The van der Waals surface area contributed by atoms with E-state index in [1.165, 1.54) is 23.1 Å². The van der Waals surface area contributed by atoms with Gasteiger partial charge >= 0.3 is 0 Å². The first-order chi connectivity index (χ1) is 15.2. The lowest BCUT2D eigenvalue weighted by molar-refractivity contribution is -0.130. The zero-order valence-electron chi connectivity index (χ0n) is 16.8. The number of carbonyl (C=O) groups is 2. The molecule has 3 rings (SSSR count). The first-order valence-electron chi connectivity index (χ1n) is 9.68. The molecule has 0 radical (unpaired) electrons. The molecule has 12 heteroatoms. The van der Waals surface area contributed by atoms with E-state index < -0.39 is 28.0 Å². The van der Waals surface area contributed by atoms with Crippen LogP contribution in [0.15, 0.2) is 51.8 Å². The molecule has 1 aliphatic heterocycles. The van der Waals surface area contributed by atoms with Gasteiger partial charge in [0.05, 0.1) is 14.9 Å². The van der Waals surface area contributed by atoms with Crippen molar-refractivity contribution in [3.05, 3.63) is 62.5 Å². The average molecular weight is 564 g/mol. The fourth-order valence-corrected chi connectivity index (χ4v) is 5.76. The summed E-state index contributed by atoms with van der Waals surface area (Å²) in [5, 5.41) is 2.87. The van der Waals surface area contributed by atoms with Gasteiger partial charge in [0.15, 0.2) is 6.17 Å². The van der Waals surface area contributed by atoms with Crippen molar-refractivity contribution in [3.8, 4) is 0 Å². The Morgan fingerprint density at radius 1 is 1.12 bits per heavy atom. The van der Waals surface area contributed by atoms with E-state index >= 15 is 0 Å². The fourth-order valence-electron chi connectivity index (χ4n) is 3.38. The maximum atomic E-state index is 13.5. The van der Waals surface area contributed by atoms with Gasteiger partial charge in [-0.25, -0.2) is 8.42 Å². The van der Waals surface area contributed by atoms with E-state index in [-0.39, 0.29) is 41.1 Å². The first kappa shape index (κ1) is 24.9. The number of benzene rings is 2. The number of amides is 2. The third-order valence-corrected chi connectivity index (χ3v) is 7.94. The van der Waals surface area contributed by atoms with Gasteiger partial charge in [-0.15, -0.1) is 0 Å². The maximum Gasteiger partial charge on any atom is 0.259 e. The zero-order chi connectivity index (χ0) is 23.5. The number of sulfonamides is 1. The van der Waals surface area contributed by atoms with Crippen molar-refractivity contribution in [1.82, 2.24) is 14.5 Å². The van der Waals surface area contributed by atoms with Crippen LogP contribution >= 0.6 is 39.1 Å². The van der Waals surface area contributed by atoms with E-state index in [1.54, 1.807) is 24.3 Å². The summed E-state index contributed by atoms with van der Waals surface area (Å²) in [5.41, 5.74) is 5.82. The summed E-state index contributed by atoms with van der Waals surface area (Å²) in [6.45, 7) is 0.553. The van der Waals surface area contributed by atoms with Crippen molar-refractivity contribution in [1.29, 1.82) is 0 Å². The number of carbonyl (C=O) groups excluding carboxylic acids is 2. The molecule has 0 saturated carbocycles. The SMILES string of the molecule is NCCNC(=O)C1N(C(=O)c2cccc(Br)c2)CCCN1S(=O)(=O)c1ccc(Cl)c(Cl)c1. The van der Waals surface area contributed by atoms with Gasteiger partial charge < -0.3 is 16.0 Å². The van der Waals surface area contributed by atoms with Crippen LogP contribution in [0.5, 0.6) is 0 Å². The highest BCUT2D eigenvalue weighted by molar-refractivity contribution is 9.10. The Kier molecular flexibility index (Phi) is 8.18. The molecular weight excluding hydrogens is 543 g/mol. The molecule has 2 amide bonds. The lowest BCUT2D eigenvalue weighted by Gasteiger charge is -2.41. The molecule has 32 heavy (non-hydrogen) atoms. The van der Waals surface area contributed by atoms with E-state index in [0.717, 1.165) is 4.31 Å². The Morgan fingerprint density at radius 3 is 2.53 bits per heavy atom. The minimum absolute atomic E-state index is 0.0472. The fraction of sp³-hybridized carbons (Fsp3) is 0.300. The molecule has 1 unspecified atom stereocenters. The van der Waals surface area contributed by atoms with Crippen molar-refractivity contribution >= 4 is 61.0 Å². The lowest BCUT2D eigenvalue weighted by Crippen LogP contribution is -2.63. The second kappa shape index (κ2) is 10.5. The molecule has 1 aliphatic rings. The molecule has 172 valence electrons. The number of nitrogens with zero attached hydrogens (tertiary/aromatic N) is 2. The molecule has 1 fully saturated rings. The third kappa shape index (κ3) is 5.27. The number of nitrogens with one attached hydrogen (secondary N) is 1. The van der Waals surface area contributed by atoms with Gasteiger partial charge in [-0.05, 0) is 42.8 Å². The quantitative estimate of drug-likeness (QED) is 0.561. The Balaban J connectivity index is 2.04. The van der Waals surface area contributed by atoms with Crippen LogP contribution in [-0.4, -0.2) is 61.8 Å². The average Bonchev–Trinajstić information content (AvgIpc) is 2.78. The summed E-state index contributed by atoms with van der Waals surface area (Å²) in [4.78, 5) is 27.5. The van der Waals surface area contributed by atoms with Gasteiger partial charge in [-0.1, -0.05) is 45.2 Å². The van der Waals surface area contributed by atoms with E-state index in [9.17, 15) is 18.0 Å². The molecule has 8 nitrogen and oxygen atoms in total. The van der Waals surface area contributed by atoms with Crippen LogP contribution in [0.25, 0.3) is 0 Å². The van der Waals surface area contributed by atoms with Crippen molar-refractivity contribution in [2.45, 2.75) is 17.5 Å². The minimum atomic E-state index is -4.18. The maximum absolute atomic E-state index is 13.5. The van der Waals surface area contributed by atoms with Gasteiger partial charge in [0.1, 0.15) is 0 Å². The minimum Gasteiger partial charge on any atom is -0.352 e. The Bertz CT molecular complexity index is 1130. The highest BCUT2D eigenvalue weighted by atomic mass is 79.9. The summed E-state index contributed by atoms with van der Waals surface area (Å²) in [6.07, 6.45) is -1.04. The highest BCUT2D eigenvalue weighted by Gasteiger charge is 2.44. The lowest BCUT2D eigenvalue weighted by atomic mass is 10.1. The third-order valence-electron chi connectivity index (χ3n) is 4.85. The van der Waals surface area contributed by atoms with Crippen molar-refractivity contribution in [3.63, 3.8) is 0 Å². The second-order valence-corrected chi connectivity index (χ2v) is 10.6. The number of nitrogens with two attached hydrogens (primary N) is 1. The molecule has 0 bridgehead atoms. The van der Waals surface area contributed by atoms with Crippen LogP contribution < -0.4 is 11.1 Å². The molecular formula is C20H21BrCl2N4O4S. The van der Waals surface area contributed by atoms with E-state index in [2.05, 4.69) is 21.2 Å². The van der Waals surface area contributed by atoms with Crippen LogP contribution in [0.1, 0.15) is 16.8 Å². The topological polar surface area (TPSA) is 113 Å². The van der Waals surface area contributed by atoms with Crippen LogP contribution in [0.4, 0.5) is 0 Å². The van der Waals surface area contributed by atoms with Crippen LogP contribution in [0, 0.1) is 0 Å². The van der Waals surface area contributed by atoms with Gasteiger partial charge in [-0.2, -0.15) is 4.31 Å². The predicted molar refractivity (Wildman–Crippen MR) is 126 cm³/mol. The van der Waals surface area contributed by atoms with E-state index in [4.69, 9.17) is 28.9 Å². The smallest absolute Gasteiger partial charge is 0.259 e. The van der Waals surface area contributed by atoms with Crippen LogP contribution in [0.3, 0.4) is 0 Å². The number of halogens is 3. The van der Waals surface area contributed by atoms with Crippen LogP contribution in [-0.2, 0) is 14.8 Å². The second-order valence-electron chi connectivity index (χ2n) is 7.01. The van der Waals surface area contributed by atoms with E-state index in [0.29, 0.717) is 16.5 Å². The van der Waals surface area contributed by atoms with Gasteiger partial charge in [0.2, 0.25) is 10.0 Å². The molecule has 2 aromatic carbocycles. The van der Waals surface area contributed by atoms with Gasteiger partial charge in [0, 0.05) is 36.2 Å². The van der Waals surface area contributed by atoms with Gasteiger partial charge in [-0.3, -0.25) is 9.59 Å². The first-order valence-corrected chi connectivity index (χ1v) is 12.7. The molecule has 1 atom stereocenters. The molecule has 3 N–H and O–H groups in total. The van der Waals surface area contributed by atoms with Crippen molar-refractivity contribution in [2.75, 3.05) is 26.2 Å². The summed E-state index contributed by atoms with van der Waals surface area (Å²) >= 11 is 15.3. The molecule has 1 saturated heterocycles. The normalized spacial score (nSPS) is 17.2. The number of hydrogen-bond donors (Lipinski definition) is 2. The largest absolute Gasteiger partial charge is 0.352 e. The zero-order valence-corrected chi connectivity index (χ0v) is 20.7. The molecule has 1 heterocycles. The van der Waals surface area contributed by atoms with Crippen molar-refractivity contribution in [2.24, 2.45) is 5.73 Å². The van der Waals surface area contributed by atoms with Crippen molar-refractivity contribution < 1.29 is 18.0 Å². The van der Waals surface area contributed by atoms with Crippen LogP contribution in [0.2, 0.25) is 10.0 Å². The standard InChI is InChI=1S/C20H21BrCl2N4O4S/c21-14-4-1-3-13(11-14)20(29)26-9-2-10-27(19(26)18(28)25-8-7-24)32(30,31)15-5-6-16(22)17(23)12-15/h1,3-6,11-12,19H,2,7-10,24H2,(H,25,28). The summed E-state index contributed by atoms with van der Waals surface area (Å²) in [7, 11) is -4.18. The Labute approximate surface area is 204 Å². The molecule has 0 aliphatic carbocycles. The molecule has 2 aromatic rings. The van der Waals surface area contributed by atoms with E-state index in [1.807, 2.05) is 0 Å². The summed E-state index contributed by atoms with van der Waals surface area (Å²) in [6, 6.07) is 10.6. The highest BCUT2D eigenvalue weighted by Crippen LogP contribution is 2.30. The summed E-state index contributed by atoms with van der Waals surface area (Å²) < 4.78 is 28.6. The monoisotopic (exact) mass is 562 g/mol. The van der Waals surface area contributed by atoms with Gasteiger partial charge in [0.25, 0.3) is 11.8 Å². The Morgan fingerprint density at radius 2 is 1.88 bits per heavy atom. The molecule has 0 spiro atoms. The summed E-state index contributed by atoms with van der Waals surface area (Å²) in [5.74, 6) is -1.10. The number of hydrogen-bond acceptors (Lipinski definition) is 5. The molecule has 0 aromatic heterocycles. The number of rotatable bonds is 6. The predicted octanol–water partition coefficient (Wildman–Crippen LogP) is 2.69. The Hall–Kier alpha value is -1.69.